The minimum atomic E-state index is 0.207. The number of nitrogens with zero attached hydrogens (tertiary/aromatic N) is 2. The Bertz CT molecular complexity index is 247. The molecule has 4 heteroatoms. The van der Waals surface area contributed by atoms with Crippen molar-refractivity contribution in [3.05, 3.63) is 0 Å². The number of urea groups is 1. The van der Waals surface area contributed by atoms with Crippen molar-refractivity contribution in [2.45, 2.75) is 44.7 Å². The molecule has 0 bridgehead atoms. The molecule has 1 N–H and O–H groups in total. The number of nitrogens with one attached hydrogen (secondary N) is 1. The van der Waals surface area contributed by atoms with Crippen LogP contribution in [0.5, 0.6) is 0 Å². The van der Waals surface area contributed by atoms with Crippen molar-refractivity contribution in [2.24, 2.45) is 0 Å². The average Bonchev–Trinajstić information content (AvgIpc) is 3.01. The monoisotopic (exact) mass is 225 g/mol. The fraction of sp³-hybridized carbons (Fsp3) is 0.917. The molecule has 4 nitrogen and oxygen atoms in total. The Morgan fingerprint density at radius 3 is 2.62 bits per heavy atom. The second-order valence-corrected chi connectivity index (χ2v) is 4.97. The largest absolute Gasteiger partial charge is 0.328 e. The number of rotatable bonds is 4. The van der Waals surface area contributed by atoms with Crippen LogP contribution in [0.1, 0.15) is 32.6 Å². The maximum absolute atomic E-state index is 12.2. The van der Waals surface area contributed by atoms with E-state index >= 15 is 0 Å². The summed E-state index contributed by atoms with van der Waals surface area (Å²) < 4.78 is 0. The highest BCUT2D eigenvalue weighted by Crippen LogP contribution is 2.28. The van der Waals surface area contributed by atoms with Crippen LogP contribution in [0.2, 0.25) is 0 Å². The van der Waals surface area contributed by atoms with Gasteiger partial charge in [0, 0.05) is 32.2 Å². The lowest BCUT2D eigenvalue weighted by molar-refractivity contribution is 0.157. The maximum atomic E-state index is 12.2. The fourth-order valence-electron chi connectivity index (χ4n) is 2.27. The van der Waals surface area contributed by atoms with Gasteiger partial charge in [-0.05, 0) is 39.2 Å². The predicted octanol–water partition coefficient (Wildman–Crippen LogP) is 1.27. The summed E-state index contributed by atoms with van der Waals surface area (Å²) >= 11 is 0. The molecular formula is C12H23N3O. The van der Waals surface area contributed by atoms with Crippen molar-refractivity contribution in [1.82, 2.24) is 15.1 Å². The van der Waals surface area contributed by atoms with E-state index in [2.05, 4.69) is 10.2 Å². The molecule has 1 aliphatic carbocycles. The zero-order valence-electron chi connectivity index (χ0n) is 10.4. The first-order valence-corrected chi connectivity index (χ1v) is 6.47. The van der Waals surface area contributed by atoms with Crippen molar-refractivity contribution in [3.63, 3.8) is 0 Å². The van der Waals surface area contributed by atoms with Gasteiger partial charge in [0.25, 0.3) is 0 Å². The summed E-state index contributed by atoms with van der Waals surface area (Å²) in [5.74, 6) is 0. The molecule has 1 heterocycles. The number of hydrogen-bond donors (Lipinski definition) is 1. The third-order valence-corrected chi connectivity index (χ3v) is 3.61. The first kappa shape index (κ1) is 11.7. The van der Waals surface area contributed by atoms with E-state index in [0.717, 1.165) is 19.6 Å². The van der Waals surface area contributed by atoms with Gasteiger partial charge in [-0.25, -0.2) is 4.79 Å². The second-order valence-electron chi connectivity index (χ2n) is 4.97. The summed E-state index contributed by atoms with van der Waals surface area (Å²) in [4.78, 5) is 16.1. The van der Waals surface area contributed by atoms with E-state index in [9.17, 15) is 4.79 Å². The maximum Gasteiger partial charge on any atom is 0.320 e. The van der Waals surface area contributed by atoms with Gasteiger partial charge in [0.05, 0.1) is 0 Å². The lowest BCUT2D eigenvalue weighted by atomic mass is 10.2. The van der Waals surface area contributed by atoms with Gasteiger partial charge in [-0.15, -0.1) is 0 Å². The number of amides is 2. The molecule has 16 heavy (non-hydrogen) atoms. The van der Waals surface area contributed by atoms with E-state index in [0.29, 0.717) is 12.1 Å². The Kier molecular flexibility index (Phi) is 3.69. The molecule has 0 radical (unpaired) electrons. The third-order valence-electron chi connectivity index (χ3n) is 3.61. The van der Waals surface area contributed by atoms with E-state index in [1.165, 1.54) is 25.7 Å². The first-order chi connectivity index (χ1) is 7.72. The smallest absolute Gasteiger partial charge is 0.320 e. The minimum absolute atomic E-state index is 0.207. The molecule has 92 valence electrons. The molecule has 1 aliphatic heterocycles. The Morgan fingerprint density at radius 1 is 1.38 bits per heavy atom. The van der Waals surface area contributed by atoms with Gasteiger partial charge in [0.1, 0.15) is 0 Å². The molecule has 1 saturated heterocycles. The van der Waals surface area contributed by atoms with Crippen LogP contribution in [0.25, 0.3) is 0 Å². The highest BCUT2D eigenvalue weighted by atomic mass is 16.2. The summed E-state index contributed by atoms with van der Waals surface area (Å²) in [7, 11) is 1.89. The number of carbonyl (C=O) groups excluding carboxylic acids is 1. The summed E-state index contributed by atoms with van der Waals surface area (Å²) in [6.07, 6.45) is 4.85. The second kappa shape index (κ2) is 5.04. The molecule has 2 rings (SSSR count). The van der Waals surface area contributed by atoms with Crippen molar-refractivity contribution in [1.29, 1.82) is 0 Å². The van der Waals surface area contributed by atoms with Crippen LogP contribution in [0.15, 0.2) is 0 Å². The molecule has 0 aromatic carbocycles. The highest BCUT2D eigenvalue weighted by Gasteiger charge is 2.35. The van der Waals surface area contributed by atoms with Crippen LogP contribution >= 0.6 is 0 Å². The van der Waals surface area contributed by atoms with Crippen LogP contribution in [0.4, 0.5) is 4.79 Å². The van der Waals surface area contributed by atoms with Gasteiger partial charge in [-0.2, -0.15) is 0 Å². The van der Waals surface area contributed by atoms with Gasteiger partial charge in [-0.1, -0.05) is 0 Å². The van der Waals surface area contributed by atoms with E-state index in [-0.39, 0.29) is 6.03 Å². The average molecular weight is 225 g/mol. The highest BCUT2D eigenvalue weighted by molar-refractivity contribution is 5.74. The normalized spacial score (nSPS) is 24.5. The van der Waals surface area contributed by atoms with Crippen LogP contribution < -0.4 is 5.32 Å². The first-order valence-electron chi connectivity index (χ1n) is 6.47. The summed E-state index contributed by atoms with van der Waals surface area (Å²) in [6, 6.07) is 1.25. The molecule has 1 saturated carbocycles. The van der Waals surface area contributed by atoms with E-state index < -0.39 is 0 Å². The van der Waals surface area contributed by atoms with Gasteiger partial charge < -0.3 is 15.1 Å². The minimum Gasteiger partial charge on any atom is -0.328 e. The van der Waals surface area contributed by atoms with Crippen molar-refractivity contribution in [2.75, 3.05) is 26.7 Å². The SMILES string of the molecule is CCN(C)C(=O)N(CC1CCCN1)C1CC1. The molecule has 2 amide bonds. The molecule has 1 unspecified atom stereocenters. The Hall–Kier alpha value is -0.770. The molecule has 0 aromatic heterocycles. The predicted molar refractivity (Wildman–Crippen MR) is 64.5 cm³/mol. The number of hydrogen-bond acceptors (Lipinski definition) is 2. The molecule has 2 aliphatic rings. The zero-order chi connectivity index (χ0) is 11.5. The molecule has 0 spiro atoms. The van der Waals surface area contributed by atoms with Crippen molar-refractivity contribution >= 4 is 6.03 Å². The Morgan fingerprint density at radius 2 is 2.12 bits per heavy atom. The Labute approximate surface area is 98.0 Å². The van der Waals surface area contributed by atoms with Crippen LogP contribution in [0.3, 0.4) is 0 Å². The van der Waals surface area contributed by atoms with Crippen LogP contribution in [-0.2, 0) is 0 Å². The number of carbonyl (C=O) groups is 1. The topological polar surface area (TPSA) is 35.6 Å². The summed E-state index contributed by atoms with van der Waals surface area (Å²) in [6.45, 7) is 4.83. The molecule has 1 atom stereocenters. The lowest BCUT2D eigenvalue weighted by Crippen LogP contribution is -2.47. The lowest BCUT2D eigenvalue weighted by Gasteiger charge is -2.29. The Balaban J connectivity index is 1.91. The van der Waals surface area contributed by atoms with Crippen molar-refractivity contribution in [3.8, 4) is 0 Å². The molecule has 2 fully saturated rings. The standard InChI is InChI=1S/C12H23N3O/c1-3-14(2)12(16)15(11-6-7-11)9-10-5-4-8-13-10/h10-11,13H,3-9H2,1-2H3. The summed E-state index contributed by atoms with van der Waals surface area (Å²) in [5.41, 5.74) is 0. The van der Waals surface area contributed by atoms with E-state index in [1.54, 1.807) is 0 Å². The van der Waals surface area contributed by atoms with E-state index in [1.807, 2.05) is 18.9 Å². The van der Waals surface area contributed by atoms with Crippen LogP contribution in [0, 0.1) is 0 Å². The quantitative estimate of drug-likeness (QED) is 0.782. The van der Waals surface area contributed by atoms with Gasteiger partial charge in [-0.3, -0.25) is 0 Å². The van der Waals surface area contributed by atoms with Crippen LogP contribution in [-0.4, -0.2) is 54.6 Å². The van der Waals surface area contributed by atoms with Gasteiger partial charge >= 0.3 is 6.03 Å². The third kappa shape index (κ3) is 2.67. The molecular weight excluding hydrogens is 202 g/mol. The zero-order valence-corrected chi connectivity index (χ0v) is 10.4. The van der Waals surface area contributed by atoms with Gasteiger partial charge in [0.2, 0.25) is 0 Å². The fourth-order valence-corrected chi connectivity index (χ4v) is 2.27. The molecule has 0 aromatic rings. The van der Waals surface area contributed by atoms with Crippen molar-refractivity contribution < 1.29 is 4.79 Å². The van der Waals surface area contributed by atoms with E-state index in [4.69, 9.17) is 0 Å². The summed E-state index contributed by atoms with van der Waals surface area (Å²) in [5, 5.41) is 3.47. The van der Waals surface area contributed by atoms with Gasteiger partial charge in [0.15, 0.2) is 0 Å².